The number of nitrogens with zero attached hydrogens (tertiary/aromatic N) is 1. The predicted octanol–water partition coefficient (Wildman–Crippen LogP) is 3.51. The molecule has 1 N–H and O–H groups in total. The van der Waals surface area contributed by atoms with Crippen LogP contribution < -0.4 is 10.1 Å². The van der Waals surface area contributed by atoms with Crippen LogP contribution in [0.15, 0.2) is 59.1 Å². The summed E-state index contributed by atoms with van der Waals surface area (Å²) in [6.45, 7) is 0. The number of esters is 1. The van der Waals surface area contributed by atoms with Crippen molar-refractivity contribution in [2.75, 3.05) is 14.2 Å². The fraction of sp³-hybridized carbons (Fsp3) is 0.227. The van der Waals surface area contributed by atoms with Crippen LogP contribution in [0.1, 0.15) is 17.0 Å². The standard InChI is InChI=1S/C22H19FN2O4S/c1-28-16-8-6-14(7-9-16)18-17(11-24)21(25-20(26)19(18)22(27)29-2)30-12-13-4-3-5-15(23)10-13/h3-10,18-19H,12H2,1-2H3,(H,25,26)/t18-,19-/m0/s1. The van der Waals surface area contributed by atoms with Gasteiger partial charge in [0.25, 0.3) is 0 Å². The smallest absolute Gasteiger partial charge is 0.319 e. The van der Waals surface area contributed by atoms with Gasteiger partial charge >= 0.3 is 5.97 Å². The largest absolute Gasteiger partial charge is 0.497 e. The number of carbonyl (C=O) groups excluding carboxylic acids is 2. The molecule has 0 radical (unpaired) electrons. The van der Waals surface area contributed by atoms with Gasteiger partial charge in [-0.05, 0) is 35.4 Å². The number of benzene rings is 2. The summed E-state index contributed by atoms with van der Waals surface area (Å²) in [7, 11) is 2.73. The number of amides is 1. The second-order valence-electron chi connectivity index (χ2n) is 6.51. The number of ether oxygens (including phenoxy) is 2. The molecule has 0 spiro atoms. The number of hydrogen-bond donors (Lipinski definition) is 1. The molecular formula is C22H19FN2O4S. The molecule has 2 atom stereocenters. The van der Waals surface area contributed by atoms with Gasteiger partial charge in [0.2, 0.25) is 5.91 Å². The van der Waals surface area contributed by atoms with Crippen LogP contribution >= 0.6 is 11.8 Å². The average Bonchev–Trinajstić information content (AvgIpc) is 2.76. The molecule has 2 aromatic rings. The normalized spacial score (nSPS) is 18.4. The highest BCUT2D eigenvalue weighted by molar-refractivity contribution is 8.02. The van der Waals surface area contributed by atoms with E-state index in [9.17, 15) is 19.2 Å². The molecule has 2 aromatic carbocycles. The van der Waals surface area contributed by atoms with Crippen molar-refractivity contribution in [3.8, 4) is 11.8 Å². The summed E-state index contributed by atoms with van der Waals surface area (Å²) < 4.78 is 23.4. The number of rotatable bonds is 6. The van der Waals surface area contributed by atoms with Crippen LogP contribution in [0.4, 0.5) is 4.39 Å². The Morgan fingerprint density at radius 2 is 1.97 bits per heavy atom. The fourth-order valence-electron chi connectivity index (χ4n) is 3.27. The summed E-state index contributed by atoms with van der Waals surface area (Å²) in [6, 6.07) is 15.0. The van der Waals surface area contributed by atoms with Gasteiger partial charge in [-0.2, -0.15) is 5.26 Å². The predicted molar refractivity (Wildman–Crippen MR) is 110 cm³/mol. The number of methoxy groups -OCH3 is 2. The molecule has 8 heteroatoms. The van der Waals surface area contributed by atoms with Crippen LogP contribution in [0.2, 0.25) is 0 Å². The summed E-state index contributed by atoms with van der Waals surface area (Å²) in [5.41, 5.74) is 1.56. The van der Waals surface area contributed by atoms with Gasteiger partial charge in [-0.15, -0.1) is 11.8 Å². The Morgan fingerprint density at radius 3 is 2.57 bits per heavy atom. The Kier molecular flexibility index (Phi) is 6.75. The first-order valence-electron chi connectivity index (χ1n) is 9.02. The lowest BCUT2D eigenvalue weighted by Gasteiger charge is -2.31. The van der Waals surface area contributed by atoms with Crippen LogP contribution in [-0.2, 0) is 20.1 Å². The van der Waals surface area contributed by atoms with E-state index >= 15 is 0 Å². The van der Waals surface area contributed by atoms with Crippen molar-refractivity contribution in [1.82, 2.24) is 5.32 Å². The molecule has 3 rings (SSSR count). The lowest BCUT2D eigenvalue weighted by atomic mass is 9.78. The lowest BCUT2D eigenvalue weighted by molar-refractivity contribution is -0.150. The molecule has 0 unspecified atom stereocenters. The summed E-state index contributed by atoms with van der Waals surface area (Å²) in [5.74, 6) is -2.70. The first kappa shape index (κ1) is 21.4. The maximum atomic E-state index is 13.5. The Labute approximate surface area is 177 Å². The Hall–Kier alpha value is -3.31. The van der Waals surface area contributed by atoms with Gasteiger partial charge in [0.1, 0.15) is 17.5 Å². The van der Waals surface area contributed by atoms with Crippen molar-refractivity contribution in [1.29, 1.82) is 5.26 Å². The summed E-state index contributed by atoms with van der Waals surface area (Å²) in [5, 5.41) is 12.9. The van der Waals surface area contributed by atoms with Crippen LogP contribution in [-0.4, -0.2) is 26.1 Å². The van der Waals surface area contributed by atoms with E-state index in [0.717, 1.165) is 0 Å². The van der Waals surface area contributed by atoms with E-state index in [2.05, 4.69) is 11.4 Å². The molecule has 1 aliphatic heterocycles. The number of nitriles is 1. The van der Waals surface area contributed by atoms with Gasteiger partial charge in [0.15, 0.2) is 0 Å². The van der Waals surface area contributed by atoms with Crippen LogP contribution in [0, 0.1) is 23.1 Å². The highest BCUT2D eigenvalue weighted by Crippen LogP contribution is 2.41. The maximum absolute atomic E-state index is 13.5. The van der Waals surface area contributed by atoms with Gasteiger partial charge in [0.05, 0.1) is 30.9 Å². The number of carbonyl (C=O) groups is 2. The number of hydrogen-bond acceptors (Lipinski definition) is 6. The molecule has 0 bridgehead atoms. The second-order valence-corrected chi connectivity index (χ2v) is 7.50. The van der Waals surface area contributed by atoms with Crippen LogP contribution in [0.3, 0.4) is 0 Å². The van der Waals surface area contributed by atoms with Crippen molar-refractivity contribution in [3.05, 3.63) is 76.1 Å². The minimum Gasteiger partial charge on any atom is -0.497 e. The molecule has 0 saturated carbocycles. The first-order chi connectivity index (χ1) is 14.5. The third-order valence-corrected chi connectivity index (χ3v) is 5.82. The molecule has 154 valence electrons. The molecule has 0 fully saturated rings. The van der Waals surface area contributed by atoms with Crippen LogP contribution in [0.5, 0.6) is 5.75 Å². The zero-order chi connectivity index (χ0) is 21.7. The number of allylic oxidation sites excluding steroid dienone is 1. The molecule has 6 nitrogen and oxygen atoms in total. The zero-order valence-electron chi connectivity index (χ0n) is 16.3. The minimum absolute atomic E-state index is 0.247. The molecule has 30 heavy (non-hydrogen) atoms. The third kappa shape index (κ3) is 4.47. The Balaban J connectivity index is 2.01. The SMILES string of the molecule is COC(=O)[C@@H]1C(=O)NC(SCc2cccc(F)c2)=C(C#N)[C@@H]1c1ccc(OC)cc1. The van der Waals surface area contributed by atoms with Crippen molar-refractivity contribution in [2.24, 2.45) is 5.92 Å². The summed E-state index contributed by atoms with van der Waals surface area (Å²) in [4.78, 5) is 25.2. The van der Waals surface area contributed by atoms with Crippen molar-refractivity contribution in [2.45, 2.75) is 11.7 Å². The van der Waals surface area contributed by atoms with E-state index in [1.54, 1.807) is 36.4 Å². The lowest BCUT2D eigenvalue weighted by Crippen LogP contribution is -2.44. The monoisotopic (exact) mass is 426 g/mol. The van der Waals surface area contributed by atoms with Gasteiger partial charge < -0.3 is 14.8 Å². The average molecular weight is 426 g/mol. The summed E-state index contributed by atoms with van der Waals surface area (Å²) >= 11 is 1.20. The fourth-order valence-corrected chi connectivity index (χ4v) is 4.26. The number of nitrogens with one attached hydrogen (secondary N) is 1. The zero-order valence-corrected chi connectivity index (χ0v) is 17.2. The summed E-state index contributed by atoms with van der Waals surface area (Å²) in [6.07, 6.45) is 0. The maximum Gasteiger partial charge on any atom is 0.319 e. The molecule has 0 saturated heterocycles. The number of halogens is 1. The molecule has 1 aliphatic rings. The van der Waals surface area contributed by atoms with Gasteiger partial charge in [-0.25, -0.2) is 4.39 Å². The van der Waals surface area contributed by atoms with Crippen molar-refractivity contribution >= 4 is 23.6 Å². The minimum atomic E-state index is -1.20. The molecule has 1 heterocycles. The van der Waals surface area contributed by atoms with Gasteiger partial charge in [0, 0.05) is 11.7 Å². The van der Waals surface area contributed by atoms with Crippen molar-refractivity contribution in [3.63, 3.8) is 0 Å². The van der Waals surface area contributed by atoms with Crippen LogP contribution in [0.25, 0.3) is 0 Å². The van der Waals surface area contributed by atoms with E-state index in [-0.39, 0.29) is 11.4 Å². The second kappa shape index (κ2) is 9.46. The van der Waals surface area contributed by atoms with E-state index in [1.165, 1.54) is 38.1 Å². The van der Waals surface area contributed by atoms with E-state index < -0.39 is 23.7 Å². The first-order valence-corrected chi connectivity index (χ1v) is 10.0. The molecule has 1 amide bonds. The van der Waals surface area contributed by atoms with Crippen molar-refractivity contribution < 1.29 is 23.5 Å². The Morgan fingerprint density at radius 1 is 1.23 bits per heavy atom. The highest BCUT2D eigenvalue weighted by atomic mass is 32.2. The van der Waals surface area contributed by atoms with E-state index in [4.69, 9.17) is 9.47 Å². The van der Waals surface area contributed by atoms with E-state index in [1.807, 2.05) is 0 Å². The molecule has 0 aromatic heterocycles. The number of thioether (sulfide) groups is 1. The van der Waals surface area contributed by atoms with Gasteiger partial charge in [-0.3, -0.25) is 9.59 Å². The Bertz CT molecular complexity index is 1030. The van der Waals surface area contributed by atoms with E-state index in [0.29, 0.717) is 27.7 Å². The highest BCUT2D eigenvalue weighted by Gasteiger charge is 2.44. The molecule has 0 aliphatic carbocycles. The quantitative estimate of drug-likeness (QED) is 0.562. The molecular weight excluding hydrogens is 407 g/mol. The third-order valence-electron chi connectivity index (χ3n) is 4.73. The van der Waals surface area contributed by atoms with Gasteiger partial charge in [-0.1, -0.05) is 24.3 Å². The topological polar surface area (TPSA) is 88.4 Å².